The molecule has 8 heteroatoms. The van der Waals surface area contributed by atoms with Gasteiger partial charge in [-0.2, -0.15) is 0 Å². The fourth-order valence-corrected chi connectivity index (χ4v) is 3.34. The molecule has 0 aliphatic heterocycles. The Kier molecular flexibility index (Phi) is 5.63. The van der Waals surface area contributed by atoms with Crippen LogP contribution in [-0.2, 0) is 19.1 Å². The molecule has 0 aromatic heterocycles. The topological polar surface area (TPSA) is 122 Å². The highest BCUT2D eigenvalue weighted by molar-refractivity contribution is 5.96. The number of alkyl carbamates (subject to hydrolysis) is 1. The number of carbonyl (C=O) groups excluding carboxylic acids is 3. The van der Waals surface area contributed by atoms with Crippen molar-refractivity contribution in [1.29, 1.82) is 0 Å². The number of aliphatic carboxylic acids is 1. The van der Waals surface area contributed by atoms with E-state index in [1.54, 1.807) is 27.7 Å². The number of carboxylic acids is 1. The van der Waals surface area contributed by atoms with Crippen LogP contribution in [0.4, 0.5) is 4.79 Å². The number of ether oxygens (including phenoxy) is 1. The third kappa shape index (κ3) is 4.74. The largest absolute Gasteiger partial charge is 0.480 e. The molecule has 2 fully saturated rings. The van der Waals surface area contributed by atoms with Gasteiger partial charge < -0.3 is 20.5 Å². The first kappa shape index (κ1) is 20.2. The number of hydrogen-bond donors (Lipinski definition) is 3. The van der Waals surface area contributed by atoms with E-state index >= 15 is 0 Å². The normalized spacial score (nSPS) is 25.1. The zero-order valence-corrected chi connectivity index (χ0v) is 15.8. The van der Waals surface area contributed by atoms with E-state index in [1.165, 1.54) is 0 Å². The molecule has 3 atom stereocenters. The van der Waals surface area contributed by atoms with Crippen molar-refractivity contribution < 1.29 is 29.0 Å². The van der Waals surface area contributed by atoms with Crippen LogP contribution in [-0.4, -0.2) is 46.0 Å². The van der Waals surface area contributed by atoms with E-state index in [0.29, 0.717) is 32.1 Å². The van der Waals surface area contributed by atoms with E-state index in [-0.39, 0.29) is 11.7 Å². The van der Waals surface area contributed by atoms with Gasteiger partial charge in [0.05, 0.1) is 6.04 Å². The Morgan fingerprint density at radius 2 is 1.69 bits per heavy atom. The fourth-order valence-electron chi connectivity index (χ4n) is 3.34. The zero-order chi connectivity index (χ0) is 19.7. The molecule has 8 nitrogen and oxygen atoms in total. The summed E-state index contributed by atoms with van der Waals surface area (Å²) in [5.41, 5.74) is -1.83. The molecule has 0 bridgehead atoms. The van der Waals surface area contributed by atoms with Crippen LogP contribution in [0.5, 0.6) is 0 Å². The molecular weight excluding hydrogens is 340 g/mol. The molecule has 0 heterocycles. The Labute approximate surface area is 153 Å². The molecular formula is C18H28N2O6. The van der Waals surface area contributed by atoms with Crippen molar-refractivity contribution in [2.45, 2.75) is 77.0 Å². The zero-order valence-electron chi connectivity index (χ0n) is 15.8. The molecule has 0 spiro atoms. The molecule has 3 N–H and O–H groups in total. The Balaban J connectivity index is 1.95. The molecule has 146 valence electrons. The molecule has 2 aliphatic carbocycles. The molecule has 1 unspecified atom stereocenters. The SMILES string of the molecule is C[C@H](NC(=O)OC(C)(C)C)C(=O)C1CCC[C@H]1C(=O)NC1(C(=O)O)CC1. The lowest BCUT2D eigenvalue weighted by atomic mass is 9.88. The molecule has 0 aromatic carbocycles. The van der Waals surface area contributed by atoms with Crippen LogP contribution < -0.4 is 10.6 Å². The monoisotopic (exact) mass is 368 g/mol. The van der Waals surface area contributed by atoms with E-state index in [2.05, 4.69) is 10.6 Å². The summed E-state index contributed by atoms with van der Waals surface area (Å²) in [7, 11) is 0. The van der Waals surface area contributed by atoms with Crippen molar-refractivity contribution in [3.8, 4) is 0 Å². The van der Waals surface area contributed by atoms with Gasteiger partial charge in [-0.1, -0.05) is 6.42 Å². The number of carboxylic acid groups (broad SMARTS) is 1. The minimum atomic E-state index is -1.16. The Bertz CT molecular complexity index is 605. The second-order valence-corrected chi connectivity index (χ2v) is 8.29. The smallest absolute Gasteiger partial charge is 0.408 e. The first-order valence-corrected chi connectivity index (χ1v) is 9.04. The highest BCUT2D eigenvalue weighted by Crippen LogP contribution is 2.38. The quantitative estimate of drug-likeness (QED) is 0.655. The molecule has 0 saturated heterocycles. The van der Waals surface area contributed by atoms with Crippen molar-refractivity contribution in [3.63, 3.8) is 0 Å². The summed E-state index contributed by atoms with van der Waals surface area (Å²) >= 11 is 0. The standard InChI is InChI=1S/C18H28N2O6/c1-10(19-16(25)26-17(2,3)4)13(21)11-6-5-7-12(11)14(22)20-18(8-9-18)15(23)24/h10-12H,5-9H2,1-4H3,(H,19,25)(H,20,22)(H,23,24)/t10-,11?,12+/m0/s1. The van der Waals surface area contributed by atoms with Crippen molar-refractivity contribution in [2.24, 2.45) is 11.8 Å². The maximum absolute atomic E-state index is 12.7. The van der Waals surface area contributed by atoms with Crippen molar-refractivity contribution in [3.05, 3.63) is 0 Å². The second-order valence-electron chi connectivity index (χ2n) is 8.29. The van der Waals surface area contributed by atoms with Gasteiger partial charge in [-0.3, -0.25) is 9.59 Å². The van der Waals surface area contributed by atoms with Crippen LogP contribution >= 0.6 is 0 Å². The Morgan fingerprint density at radius 3 is 2.19 bits per heavy atom. The molecule has 0 aromatic rings. The molecule has 2 amide bonds. The maximum atomic E-state index is 12.7. The number of Topliss-reactive ketones (excluding diaryl/α,β-unsaturated/α-hetero) is 1. The lowest BCUT2D eigenvalue weighted by Gasteiger charge is -2.25. The van der Waals surface area contributed by atoms with E-state index in [0.717, 1.165) is 0 Å². The molecule has 26 heavy (non-hydrogen) atoms. The average molecular weight is 368 g/mol. The highest BCUT2D eigenvalue weighted by atomic mass is 16.6. The van der Waals surface area contributed by atoms with E-state index < -0.39 is 41.1 Å². The fraction of sp³-hybridized carbons (Fsp3) is 0.778. The average Bonchev–Trinajstić information content (AvgIpc) is 3.11. The van der Waals surface area contributed by atoms with Gasteiger partial charge in [0.2, 0.25) is 5.91 Å². The van der Waals surface area contributed by atoms with E-state index in [1.807, 2.05) is 0 Å². The van der Waals surface area contributed by atoms with Crippen LogP contribution in [0, 0.1) is 11.8 Å². The maximum Gasteiger partial charge on any atom is 0.408 e. The Morgan fingerprint density at radius 1 is 1.12 bits per heavy atom. The predicted molar refractivity (Wildman–Crippen MR) is 92.4 cm³/mol. The third-order valence-electron chi connectivity index (χ3n) is 4.90. The number of amides is 2. The van der Waals surface area contributed by atoms with Crippen molar-refractivity contribution in [2.75, 3.05) is 0 Å². The van der Waals surface area contributed by atoms with Gasteiger partial charge in [0.1, 0.15) is 11.1 Å². The molecule has 2 rings (SSSR count). The minimum absolute atomic E-state index is 0.228. The number of rotatable bonds is 6. The first-order valence-electron chi connectivity index (χ1n) is 9.04. The Hall–Kier alpha value is -2.12. The van der Waals surface area contributed by atoms with Crippen molar-refractivity contribution >= 4 is 23.8 Å². The van der Waals surface area contributed by atoms with Gasteiger partial charge in [-0.25, -0.2) is 9.59 Å². The molecule has 0 radical (unpaired) electrons. The predicted octanol–water partition coefficient (Wildman–Crippen LogP) is 1.62. The van der Waals surface area contributed by atoms with E-state index in [4.69, 9.17) is 4.74 Å². The van der Waals surface area contributed by atoms with Gasteiger partial charge in [0.25, 0.3) is 0 Å². The first-order chi connectivity index (χ1) is 11.9. The summed E-state index contributed by atoms with van der Waals surface area (Å²) < 4.78 is 5.15. The summed E-state index contributed by atoms with van der Waals surface area (Å²) in [5, 5.41) is 14.3. The van der Waals surface area contributed by atoms with Gasteiger partial charge >= 0.3 is 12.1 Å². The van der Waals surface area contributed by atoms with Crippen LogP contribution in [0.25, 0.3) is 0 Å². The number of ketones is 1. The minimum Gasteiger partial charge on any atom is -0.480 e. The van der Waals surface area contributed by atoms with Crippen LogP contribution in [0.1, 0.15) is 59.8 Å². The summed E-state index contributed by atoms with van der Waals surface area (Å²) in [6.45, 7) is 6.75. The summed E-state index contributed by atoms with van der Waals surface area (Å²) in [4.78, 5) is 48.3. The number of nitrogens with one attached hydrogen (secondary N) is 2. The molecule has 2 aliphatic rings. The summed E-state index contributed by atoms with van der Waals surface area (Å²) in [6.07, 6.45) is 1.95. The van der Waals surface area contributed by atoms with Crippen LogP contribution in [0.3, 0.4) is 0 Å². The lowest BCUT2D eigenvalue weighted by Crippen LogP contribution is -2.49. The summed E-state index contributed by atoms with van der Waals surface area (Å²) in [6, 6.07) is -0.780. The van der Waals surface area contributed by atoms with Gasteiger partial charge in [-0.05, 0) is 53.4 Å². The lowest BCUT2D eigenvalue weighted by molar-refractivity contribution is -0.144. The highest BCUT2D eigenvalue weighted by Gasteiger charge is 2.53. The van der Waals surface area contributed by atoms with Crippen LogP contribution in [0.15, 0.2) is 0 Å². The second kappa shape index (κ2) is 7.25. The van der Waals surface area contributed by atoms with Crippen molar-refractivity contribution in [1.82, 2.24) is 10.6 Å². The van der Waals surface area contributed by atoms with Gasteiger partial charge in [-0.15, -0.1) is 0 Å². The summed E-state index contributed by atoms with van der Waals surface area (Å²) in [5.74, 6) is -2.72. The van der Waals surface area contributed by atoms with E-state index in [9.17, 15) is 24.3 Å². The number of carbonyl (C=O) groups is 4. The third-order valence-corrected chi connectivity index (χ3v) is 4.90. The van der Waals surface area contributed by atoms with Gasteiger partial charge in [0.15, 0.2) is 5.78 Å². The number of hydrogen-bond acceptors (Lipinski definition) is 5. The molecule has 2 saturated carbocycles. The van der Waals surface area contributed by atoms with Crippen LogP contribution in [0.2, 0.25) is 0 Å². The van der Waals surface area contributed by atoms with Gasteiger partial charge in [0, 0.05) is 11.8 Å².